The Bertz CT molecular complexity index is 696. The van der Waals surface area contributed by atoms with Crippen LogP contribution in [0.15, 0.2) is 24.3 Å². The van der Waals surface area contributed by atoms with Gasteiger partial charge in [-0.2, -0.15) is 0 Å². The molecule has 25 heavy (non-hydrogen) atoms. The average molecular weight is 359 g/mol. The molecule has 0 unspecified atom stereocenters. The van der Waals surface area contributed by atoms with Crippen molar-refractivity contribution in [2.75, 3.05) is 0 Å². The number of carbonyl (C=O) groups is 1. The Morgan fingerprint density at radius 2 is 1.60 bits per heavy atom. The number of nitro benzene ring substituents is 1. The second-order valence-corrected chi connectivity index (χ2v) is 8.32. The molecular weight excluding hydrogens is 338 g/mol. The van der Waals surface area contributed by atoms with Crippen molar-refractivity contribution in [3.63, 3.8) is 0 Å². The number of nitrogens with one attached hydrogen (secondary N) is 2. The summed E-state index contributed by atoms with van der Waals surface area (Å²) in [6.07, 6.45) is 7.49. The highest BCUT2D eigenvalue weighted by molar-refractivity contribution is 7.80. The Balaban J connectivity index is 1.39. The highest BCUT2D eigenvalue weighted by Gasteiger charge is 2.51. The summed E-state index contributed by atoms with van der Waals surface area (Å²) in [4.78, 5) is 22.5. The van der Waals surface area contributed by atoms with Gasteiger partial charge in [0.15, 0.2) is 5.11 Å². The number of nitro groups is 1. The molecule has 132 valence electrons. The summed E-state index contributed by atoms with van der Waals surface area (Å²) in [6.45, 7) is 0. The molecule has 5 rings (SSSR count). The number of amides is 1. The SMILES string of the molecule is O=C(NC(=S)NC12CC3CC(CC(C3)C1)C2)c1ccc([N+](=O)[O-])cc1. The molecule has 4 aliphatic carbocycles. The number of benzene rings is 1. The minimum Gasteiger partial charge on any atom is -0.357 e. The Labute approximate surface area is 151 Å². The van der Waals surface area contributed by atoms with Gasteiger partial charge in [-0.15, -0.1) is 0 Å². The number of non-ortho nitro benzene ring substituents is 1. The highest BCUT2D eigenvalue weighted by Crippen LogP contribution is 2.55. The maximum absolute atomic E-state index is 12.3. The van der Waals surface area contributed by atoms with Crippen LogP contribution in [0.3, 0.4) is 0 Å². The van der Waals surface area contributed by atoms with Crippen molar-refractivity contribution in [1.82, 2.24) is 10.6 Å². The molecule has 0 heterocycles. The molecule has 7 heteroatoms. The van der Waals surface area contributed by atoms with Gasteiger partial charge in [0.2, 0.25) is 0 Å². The maximum atomic E-state index is 12.3. The summed E-state index contributed by atoms with van der Waals surface area (Å²) in [5.41, 5.74) is 0.375. The zero-order valence-corrected chi connectivity index (χ0v) is 14.7. The summed E-state index contributed by atoms with van der Waals surface area (Å²) in [6, 6.07) is 5.54. The van der Waals surface area contributed by atoms with Crippen LogP contribution < -0.4 is 10.6 Å². The Hall–Kier alpha value is -2.02. The molecular formula is C18H21N3O3S. The first-order chi connectivity index (χ1) is 11.9. The molecule has 1 aromatic rings. The maximum Gasteiger partial charge on any atom is 0.269 e. The van der Waals surface area contributed by atoms with Crippen LogP contribution in [-0.4, -0.2) is 21.5 Å². The first-order valence-corrected chi connectivity index (χ1v) is 9.21. The lowest BCUT2D eigenvalue weighted by atomic mass is 9.53. The predicted octanol–water partition coefficient (Wildman–Crippen LogP) is 3.17. The molecule has 0 spiro atoms. The van der Waals surface area contributed by atoms with Crippen LogP contribution in [0.4, 0.5) is 5.69 Å². The fourth-order valence-electron chi connectivity index (χ4n) is 5.45. The van der Waals surface area contributed by atoms with Crippen molar-refractivity contribution in [2.24, 2.45) is 17.8 Å². The third-order valence-corrected chi connectivity index (χ3v) is 6.19. The second-order valence-electron chi connectivity index (χ2n) is 7.91. The second kappa shape index (κ2) is 6.05. The van der Waals surface area contributed by atoms with E-state index in [0.717, 1.165) is 37.0 Å². The summed E-state index contributed by atoms with van der Waals surface area (Å²) in [7, 11) is 0. The first-order valence-electron chi connectivity index (χ1n) is 8.80. The molecule has 0 aromatic heterocycles. The van der Waals surface area contributed by atoms with Crippen molar-refractivity contribution >= 4 is 28.9 Å². The summed E-state index contributed by atoms with van der Waals surface area (Å²) < 4.78 is 0. The van der Waals surface area contributed by atoms with Crippen molar-refractivity contribution < 1.29 is 9.72 Å². The van der Waals surface area contributed by atoms with Gasteiger partial charge in [0.1, 0.15) is 0 Å². The molecule has 1 amide bonds. The van der Waals surface area contributed by atoms with Crippen LogP contribution in [0.1, 0.15) is 48.9 Å². The minimum atomic E-state index is -0.485. The Kier molecular flexibility index (Phi) is 3.98. The molecule has 0 saturated heterocycles. The zero-order valence-electron chi connectivity index (χ0n) is 13.9. The molecule has 0 aliphatic heterocycles. The van der Waals surface area contributed by atoms with E-state index >= 15 is 0 Å². The quantitative estimate of drug-likeness (QED) is 0.492. The number of rotatable bonds is 3. The topological polar surface area (TPSA) is 84.3 Å². The summed E-state index contributed by atoms with van der Waals surface area (Å²) >= 11 is 5.38. The minimum absolute atomic E-state index is 0.0363. The molecule has 4 bridgehead atoms. The third-order valence-electron chi connectivity index (χ3n) is 5.98. The lowest BCUT2D eigenvalue weighted by Crippen LogP contribution is -2.61. The van der Waals surface area contributed by atoms with E-state index in [2.05, 4.69) is 10.6 Å². The number of hydrogen-bond donors (Lipinski definition) is 2. The lowest BCUT2D eigenvalue weighted by molar-refractivity contribution is -0.384. The average Bonchev–Trinajstić information content (AvgIpc) is 2.52. The van der Waals surface area contributed by atoms with E-state index in [4.69, 9.17) is 12.2 Å². The van der Waals surface area contributed by atoms with Gasteiger partial charge in [-0.3, -0.25) is 20.2 Å². The molecule has 0 atom stereocenters. The van der Waals surface area contributed by atoms with Gasteiger partial charge in [0, 0.05) is 23.2 Å². The van der Waals surface area contributed by atoms with Crippen LogP contribution in [0, 0.1) is 27.9 Å². The standard InChI is InChI=1S/C18H21N3O3S/c22-16(14-1-3-15(4-2-14)21(23)24)19-17(25)20-18-8-11-5-12(9-18)7-13(6-11)10-18/h1-4,11-13H,5-10H2,(H2,19,20,22,25). The fourth-order valence-corrected chi connectivity index (χ4v) is 5.75. The van der Waals surface area contributed by atoms with E-state index in [9.17, 15) is 14.9 Å². The predicted molar refractivity (Wildman–Crippen MR) is 97.2 cm³/mol. The third kappa shape index (κ3) is 3.25. The summed E-state index contributed by atoms with van der Waals surface area (Å²) in [5, 5.41) is 17.2. The van der Waals surface area contributed by atoms with Crippen LogP contribution in [-0.2, 0) is 0 Å². The first kappa shape index (κ1) is 16.4. The molecule has 4 fully saturated rings. The van der Waals surface area contributed by atoms with Gasteiger partial charge >= 0.3 is 0 Å². The molecule has 4 saturated carbocycles. The van der Waals surface area contributed by atoms with Crippen LogP contribution in [0.2, 0.25) is 0 Å². The van der Waals surface area contributed by atoms with Gasteiger partial charge in [0.25, 0.3) is 11.6 Å². The fraction of sp³-hybridized carbons (Fsp3) is 0.556. The molecule has 1 aromatic carbocycles. The van der Waals surface area contributed by atoms with Crippen molar-refractivity contribution in [3.05, 3.63) is 39.9 Å². The van der Waals surface area contributed by atoms with Gasteiger partial charge in [-0.1, -0.05) is 0 Å². The van der Waals surface area contributed by atoms with Gasteiger partial charge in [0.05, 0.1) is 4.92 Å². The van der Waals surface area contributed by atoms with Crippen molar-refractivity contribution in [1.29, 1.82) is 0 Å². The molecule has 4 aliphatic rings. The highest BCUT2D eigenvalue weighted by atomic mass is 32.1. The van der Waals surface area contributed by atoms with Crippen LogP contribution in [0.5, 0.6) is 0 Å². The lowest BCUT2D eigenvalue weighted by Gasteiger charge is -2.57. The van der Waals surface area contributed by atoms with Gasteiger partial charge in [-0.05, 0) is 80.6 Å². The zero-order chi connectivity index (χ0) is 17.6. The van der Waals surface area contributed by atoms with Crippen LogP contribution in [0.25, 0.3) is 0 Å². The van der Waals surface area contributed by atoms with E-state index in [0.29, 0.717) is 10.7 Å². The molecule has 6 nitrogen and oxygen atoms in total. The number of carbonyl (C=O) groups excluding carboxylic acids is 1. The number of nitrogens with zero attached hydrogens (tertiary/aromatic N) is 1. The van der Waals surface area contributed by atoms with Crippen molar-refractivity contribution in [3.8, 4) is 0 Å². The monoisotopic (exact) mass is 359 g/mol. The summed E-state index contributed by atoms with van der Waals surface area (Å²) in [5.74, 6) is 2.06. The van der Waals surface area contributed by atoms with E-state index in [1.165, 1.54) is 43.5 Å². The normalized spacial score (nSPS) is 32.2. The van der Waals surface area contributed by atoms with E-state index in [1.54, 1.807) is 0 Å². The van der Waals surface area contributed by atoms with E-state index in [-0.39, 0.29) is 17.1 Å². The Morgan fingerprint density at radius 3 is 2.08 bits per heavy atom. The molecule has 2 N–H and O–H groups in total. The molecule has 0 radical (unpaired) electrons. The van der Waals surface area contributed by atoms with Gasteiger partial charge in [-0.25, -0.2) is 0 Å². The Morgan fingerprint density at radius 1 is 1.08 bits per heavy atom. The van der Waals surface area contributed by atoms with Gasteiger partial charge < -0.3 is 5.32 Å². The number of thiocarbonyl (C=S) groups is 1. The van der Waals surface area contributed by atoms with E-state index < -0.39 is 4.92 Å². The number of hydrogen-bond acceptors (Lipinski definition) is 4. The largest absolute Gasteiger partial charge is 0.357 e. The van der Waals surface area contributed by atoms with Crippen molar-refractivity contribution in [2.45, 2.75) is 44.1 Å². The van der Waals surface area contributed by atoms with E-state index in [1.807, 2.05) is 0 Å². The smallest absolute Gasteiger partial charge is 0.269 e. The van der Waals surface area contributed by atoms with Crippen LogP contribution >= 0.6 is 12.2 Å².